The molecule has 94 valence electrons. The van der Waals surface area contributed by atoms with Gasteiger partial charge in [0.25, 0.3) is 0 Å². The SMILES string of the molecule is COCC(C)CNc1c(Br)cncc1[N+](=O)[O-]. The third-order valence-corrected chi connectivity index (χ3v) is 2.76. The molecule has 0 fully saturated rings. The van der Waals surface area contributed by atoms with Gasteiger partial charge in [-0.1, -0.05) is 6.92 Å². The van der Waals surface area contributed by atoms with Gasteiger partial charge in [-0.15, -0.1) is 0 Å². The van der Waals surface area contributed by atoms with Crippen molar-refractivity contribution in [3.8, 4) is 0 Å². The average Bonchev–Trinajstić information content (AvgIpc) is 2.27. The Kier molecular flexibility index (Phi) is 5.30. The molecule has 0 aliphatic carbocycles. The predicted octanol–water partition coefficient (Wildman–Crippen LogP) is 2.45. The van der Waals surface area contributed by atoms with Crippen molar-refractivity contribution in [3.05, 3.63) is 27.0 Å². The first-order chi connectivity index (χ1) is 8.06. The fourth-order valence-corrected chi connectivity index (χ4v) is 1.82. The fraction of sp³-hybridized carbons (Fsp3) is 0.500. The molecule has 1 unspecified atom stereocenters. The third-order valence-electron chi connectivity index (χ3n) is 2.15. The predicted molar refractivity (Wildman–Crippen MR) is 68.1 cm³/mol. The molecule has 0 saturated carbocycles. The maximum atomic E-state index is 10.8. The number of aromatic nitrogens is 1. The Morgan fingerprint density at radius 1 is 1.65 bits per heavy atom. The number of ether oxygens (including phenoxy) is 1. The van der Waals surface area contributed by atoms with Crippen molar-refractivity contribution < 1.29 is 9.66 Å². The first kappa shape index (κ1) is 13.9. The van der Waals surface area contributed by atoms with E-state index in [0.717, 1.165) is 0 Å². The third kappa shape index (κ3) is 3.94. The normalized spacial score (nSPS) is 12.2. The van der Waals surface area contributed by atoms with E-state index in [-0.39, 0.29) is 11.6 Å². The molecular formula is C10H14BrN3O3. The number of rotatable bonds is 6. The Balaban J connectivity index is 2.79. The Morgan fingerprint density at radius 2 is 2.35 bits per heavy atom. The summed E-state index contributed by atoms with van der Waals surface area (Å²) in [5.74, 6) is 0.264. The quantitative estimate of drug-likeness (QED) is 0.645. The van der Waals surface area contributed by atoms with E-state index in [4.69, 9.17) is 4.74 Å². The minimum absolute atomic E-state index is 0.0380. The van der Waals surface area contributed by atoms with Crippen LogP contribution in [0.3, 0.4) is 0 Å². The van der Waals surface area contributed by atoms with Gasteiger partial charge in [-0.25, -0.2) is 0 Å². The highest BCUT2D eigenvalue weighted by Crippen LogP contribution is 2.30. The maximum absolute atomic E-state index is 10.8. The van der Waals surface area contributed by atoms with E-state index in [1.165, 1.54) is 12.4 Å². The van der Waals surface area contributed by atoms with E-state index in [1.807, 2.05) is 6.92 Å². The molecule has 1 rings (SSSR count). The van der Waals surface area contributed by atoms with Gasteiger partial charge in [0.1, 0.15) is 11.9 Å². The monoisotopic (exact) mass is 303 g/mol. The highest BCUT2D eigenvalue weighted by Gasteiger charge is 2.17. The number of nitro groups is 1. The molecule has 6 nitrogen and oxygen atoms in total. The molecule has 0 amide bonds. The molecule has 0 bridgehead atoms. The van der Waals surface area contributed by atoms with Crippen LogP contribution in [0.5, 0.6) is 0 Å². The van der Waals surface area contributed by atoms with Crippen LogP contribution in [0.1, 0.15) is 6.92 Å². The molecule has 1 heterocycles. The van der Waals surface area contributed by atoms with Crippen molar-refractivity contribution in [3.63, 3.8) is 0 Å². The van der Waals surface area contributed by atoms with E-state index in [2.05, 4.69) is 26.2 Å². The van der Waals surface area contributed by atoms with E-state index in [0.29, 0.717) is 23.3 Å². The van der Waals surface area contributed by atoms with Gasteiger partial charge in [0.2, 0.25) is 0 Å². The lowest BCUT2D eigenvalue weighted by Crippen LogP contribution is -2.16. The van der Waals surface area contributed by atoms with Gasteiger partial charge in [0, 0.05) is 19.9 Å². The molecule has 0 radical (unpaired) electrons. The van der Waals surface area contributed by atoms with Gasteiger partial charge in [-0.05, 0) is 21.8 Å². The summed E-state index contributed by atoms with van der Waals surface area (Å²) >= 11 is 3.24. The van der Waals surface area contributed by atoms with Gasteiger partial charge in [-0.2, -0.15) is 0 Å². The van der Waals surface area contributed by atoms with Crippen LogP contribution in [-0.2, 0) is 4.74 Å². The summed E-state index contributed by atoms with van der Waals surface area (Å²) in [6.07, 6.45) is 2.75. The minimum atomic E-state index is -0.457. The number of methoxy groups -OCH3 is 1. The fourth-order valence-electron chi connectivity index (χ4n) is 1.36. The van der Waals surface area contributed by atoms with Crippen LogP contribution in [0.25, 0.3) is 0 Å². The summed E-state index contributed by atoms with van der Waals surface area (Å²) in [6.45, 7) is 3.19. The van der Waals surface area contributed by atoms with E-state index in [9.17, 15) is 10.1 Å². The Bertz CT molecular complexity index is 400. The van der Waals surface area contributed by atoms with Crippen LogP contribution < -0.4 is 5.32 Å². The van der Waals surface area contributed by atoms with E-state index < -0.39 is 4.92 Å². The summed E-state index contributed by atoms with van der Waals surface area (Å²) in [5, 5.41) is 13.9. The van der Waals surface area contributed by atoms with Crippen LogP contribution in [-0.4, -0.2) is 30.2 Å². The Hall–Kier alpha value is -1.21. The smallest absolute Gasteiger partial charge is 0.311 e. The number of anilines is 1. The lowest BCUT2D eigenvalue weighted by atomic mass is 10.2. The zero-order chi connectivity index (χ0) is 12.8. The molecule has 1 aromatic heterocycles. The molecule has 0 saturated heterocycles. The number of pyridine rings is 1. The first-order valence-electron chi connectivity index (χ1n) is 5.07. The number of nitrogens with zero attached hydrogens (tertiary/aromatic N) is 2. The topological polar surface area (TPSA) is 77.3 Å². The summed E-state index contributed by atoms with van der Waals surface area (Å²) < 4.78 is 5.58. The van der Waals surface area contributed by atoms with Crippen LogP contribution in [0.2, 0.25) is 0 Å². The zero-order valence-electron chi connectivity index (χ0n) is 9.64. The average molecular weight is 304 g/mol. The van der Waals surface area contributed by atoms with Gasteiger partial charge < -0.3 is 10.1 Å². The summed E-state index contributed by atoms with van der Waals surface area (Å²) in [5.41, 5.74) is 0.414. The highest BCUT2D eigenvalue weighted by molar-refractivity contribution is 9.10. The molecule has 17 heavy (non-hydrogen) atoms. The van der Waals surface area contributed by atoms with E-state index in [1.54, 1.807) is 7.11 Å². The molecule has 1 atom stereocenters. The molecule has 0 aromatic carbocycles. The molecule has 0 aliphatic rings. The van der Waals surface area contributed by atoms with Crippen molar-refractivity contribution in [1.82, 2.24) is 4.98 Å². The Labute approximate surface area is 108 Å². The van der Waals surface area contributed by atoms with Crippen molar-refractivity contribution in [1.29, 1.82) is 0 Å². The van der Waals surface area contributed by atoms with Crippen molar-refractivity contribution >= 4 is 27.3 Å². The van der Waals surface area contributed by atoms with E-state index >= 15 is 0 Å². The lowest BCUT2D eigenvalue weighted by molar-refractivity contribution is -0.384. The molecule has 0 spiro atoms. The second-order valence-electron chi connectivity index (χ2n) is 3.71. The van der Waals surface area contributed by atoms with Crippen molar-refractivity contribution in [2.24, 2.45) is 5.92 Å². The maximum Gasteiger partial charge on any atom is 0.311 e. The largest absolute Gasteiger partial charge is 0.384 e. The number of nitrogens with one attached hydrogen (secondary N) is 1. The second-order valence-corrected chi connectivity index (χ2v) is 4.57. The van der Waals surface area contributed by atoms with Gasteiger partial charge in [0.15, 0.2) is 0 Å². The first-order valence-corrected chi connectivity index (χ1v) is 5.86. The van der Waals surface area contributed by atoms with Gasteiger partial charge in [0.05, 0.1) is 16.0 Å². The van der Waals surface area contributed by atoms with Crippen LogP contribution in [0.4, 0.5) is 11.4 Å². The number of hydrogen-bond acceptors (Lipinski definition) is 5. The van der Waals surface area contributed by atoms with Crippen LogP contribution in [0, 0.1) is 16.0 Å². The van der Waals surface area contributed by atoms with Gasteiger partial charge in [-0.3, -0.25) is 15.1 Å². The van der Waals surface area contributed by atoms with Crippen LogP contribution >= 0.6 is 15.9 Å². The molecular weight excluding hydrogens is 290 g/mol. The summed E-state index contributed by atoms with van der Waals surface area (Å²) in [7, 11) is 1.63. The molecule has 7 heteroatoms. The van der Waals surface area contributed by atoms with Gasteiger partial charge >= 0.3 is 5.69 Å². The minimum Gasteiger partial charge on any atom is -0.384 e. The summed E-state index contributed by atoms with van der Waals surface area (Å²) in [6, 6.07) is 0. The lowest BCUT2D eigenvalue weighted by Gasteiger charge is -2.13. The number of hydrogen-bond donors (Lipinski definition) is 1. The van der Waals surface area contributed by atoms with Crippen LogP contribution in [0.15, 0.2) is 16.9 Å². The van der Waals surface area contributed by atoms with Crippen molar-refractivity contribution in [2.75, 3.05) is 25.6 Å². The molecule has 1 aromatic rings. The molecule has 0 aliphatic heterocycles. The number of halogens is 1. The standard InChI is InChI=1S/C10H14BrN3O3/c1-7(6-17-2)3-13-10-8(11)4-12-5-9(10)14(15)16/h4-5,7H,3,6H2,1-2H3,(H,12,13). The second kappa shape index (κ2) is 6.51. The highest BCUT2D eigenvalue weighted by atomic mass is 79.9. The van der Waals surface area contributed by atoms with Crippen molar-refractivity contribution in [2.45, 2.75) is 6.92 Å². The Morgan fingerprint density at radius 3 is 2.94 bits per heavy atom. The summed E-state index contributed by atoms with van der Waals surface area (Å²) in [4.78, 5) is 14.1. The molecule has 1 N–H and O–H groups in total. The zero-order valence-corrected chi connectivity index (χ0v) is 11.2.